The van der Waals surface area contributed by atoms with Crippen molar-refractivity contribution in [1.82, 2.24) is 29.8 Å². The number of aromatic nitrogens is 2. The summed E-state index contributed by atoms with van der Waals surface area (Å²) in [7, 11) is 2.29. The molecule has 0 aliphatic carbocycles. The largest absolute Gasteiger partial charge is 0.507 e. The second kappa shape index (κ2) is 15.0. The monoisotopic (exact) mass is 648 g/mol. The molecule has 4 aliphatic rings. The van der Waals surface area contributed by atoms with Gasteiger partial charge in [-0.1, -0.05) is 12.1 Å². The SMILES string of the molecule is CN(CCN1CCNc2nnc(-c3ccccc3O)cc21)C1CCN(C2CCN(CC3CCCN(C(=O)OC(C)(C)C)C3)CC2)CC1. The lowest BCUT2D eigenvalue weighted by Crippen LogP contribution is -2.52. The van der Waals surface area contributed by atoms with E-state index in [1.165, 1.54) is 45.2 Å². The average Bonchev–Trinajstić information content (AvgIpc) is 3.07. The van der Waals surface area contributed by atoms with Crippen molar-refractivity contribution in [2.45, 2.75) is 77.0 Å². The van der Waals surface area contributed by atoms with Crippen LogP contribution >= 0.6 is 0 Å². The van der Waals surface area contributed by atoms with Crippen molar-refractivity contribution >= 4 is 17.6 Å². The lowest BCUT2D eigenvalue weighted by molar-refractivity contribution is 0.0123. The second-order valence-corrected chi connectivity index (χ2v) is 15.1. The fourth-order valence-corrected chi connectivity index (χ4v) is 7.92. The van der Waals surface area contributed by atoms with Crippen molar-refractivity contribution in [3.8, 4) is 17.0 Å². The summed E-state index contributed by atoms with van der Waals surface area (Å²) in [5.41, 5.74) is 2.02. The molecule has 3 fully saturated rings. The van der Waals surface area contributed by atoms with Crippen LogP contribution in [0.5, 0.6) is 5.75 Å². The summed E-state index contributed by atoms with van der Waals surface area (Å²) in [6, 6.07) is 10.7. The molecule has 0 bridgehead atoms. The predicted molar refractivity (Wildman–Crippen MR) is 187 cm³/mol. The molecule has 1 amide bonds. The predicted octanol–water partition coefficient (Wildman–Crippen LogP) is 4.59. The number of hydrogen-bond donors (Lipinski definition) is 2. The van der Waals surface area contributed by atoms with E-state index < -0.39 is 5.60 Å². The molecule has 1 atom stereocenters. The Morgan fingerprint density at radius 2 is 1.79 bits per heavy atom. The van der Waals surface area contributed by atoms with E-state index in [1.54, 1.807) is 6.07 Å². The van der Waals surface area contributed by atoms with Crippen molar-refractivity contribution in [3.63, 3.8) is 0 Å². The Kier molecular flexibility index (Phi) is 10.7. The van der Waals surface area contributed by atoms with Crippen LogP contribution in [0.1, 0.15) is 59.3 Å². The number of rotatable bonds is 8. The topological polar surface area (TPSA) is 101 Å². The zero-order valence-electron chi connectivity index (χ0n) is 29.0. The van der Waals surface area contributed by atoms with Crippen molar-refractivity contribution in [3.05, 3.63) is 30.3 Å². The third-order valence-electron chi connectivity index (χ3n) is 10.6. The number of phenolic OH excluding ortho intramolecular Hbond substituents is 1. The van der Waals surface area contributed by atoms with E-state index in [4.69, 9.17) is 4.74 Å². The number of likely N-dealkylation sites (tertiary alicyclic amines) is 3. The highest BCUT2D eigenvalue weighted by molar-refractivity contribution is 5.76. The lowest BCUT2D eigenvalue weighted by Gasteiger charge is -2.44. The highest BCUT2D eigenvalue weighted by atomic mass is 16.6. The maximum atomic E-state index is 12.6. The van der Waals surface area contributed by atoms with Gasteiger partial charge in [0.2, 0.25) is 0 Å². The van der Waals surface area contributed by atoms with Crippen LogP contribution in [0.4, 0.5) is 16.3 Å². The summed E-state index contributed by atoms with van der Waals surface area (Å²) in [6.45, 7) is 17.0. The number of aromatic hydroxyl groups is 1. The van der Waals surface area contributed by atoms with E-state index in [9.17, 15) is 9.90 Å². The van der Waals surface area contributed by atoms with Gasteiger partial charge in [-0.2, -0.15) is 0 Å². The van der Waals surface area contributed by atoms with Crippen LogP contribution in [-0.2, 0) is 4.74 Å². The van der Waals surface area contributed by atoms with E-state index in [0.29, 0.717) is 29.3 Å². The number of benzene rings is 1. The van der Waals surface area contributed by atoms with E-state index in [2.05, 4.69) is 48.2 Å². The molecule has 0 radical (unpaired) electrons. The second-order valence-electron chi connectivity index (χ2n) is 15.1. The molecular formula is C36H56N8O3. The number of nitrogens with zero attached hydrogens (tertiary/aromatic N) is 7. The molecule has 11 heteroatoms. The van der Waals surface area contributed by atoms with Crippen LogP contribution < -0.4 is 10.2 Å². The van der Waals surface area contributed by atoms with E-state index in [1.807, 2.05) is 43.9 Å². The number of anilines is 2. The smallest absolute Gasteiger partial charge is 0.410 e. The number of piperidine rings is 3. The standard InChI is InChI=1S/C36H56N8O3/c1-36(2,3)47-35(46)44-16-7-8-27(26-44)25-41-17-11-29(12-18-41)42-19-13-28(14-20-42)40(4)22-23-43-21-15-37-34-32(43)24-31(38-39-34)30-9-5-6-10-33(30)45/h5-6,9-10,24,27-29,45H,7-8,11-23,25-26H2,1-4H3,(H,37,39). The molecule has 2 aromatic rings. The van der Waals surface area contributed by atoms with Crippen molar-refractivity contribution in [2.75, 3.05) is 89.3 Å². The molecule has 3 saturated heterocycles. The molecular weight excluding hydrogens is 592 g/mol. The van der Waals surface area contributed by atoms with Gasteiger partial charge in [-0.3, -0.25) is 0 Å². The minimum absolute atomic E-state index is 0.154. The maximum absolute atomic E-state index is 12.6. The molecule has 5 heterocycles. The Morgan fingerprint density at radius 3 is 2.53 bits per heavy atom. The number of phenols is 1. The summed E-state index contributed by atoms with van der Waals surface area (Å²) in [6.07, 6.45) is 7.06. The van der Waals surface area contributed by atoms with Gasteiger partial charge in [-0.25, -0.2) is 4.79 Å². The van der Waals surface area contributed by atoms with Gasteiger partial charge in [0.1, 0.15) is 11.4 Å². The van der Waals surface area contributed by atoms with Crippen molar-refractivity contribution < 1.29 is 14.6 Å². The third-order valence-corrected chi connectivity index (χ3v) is 10.6. The molecule has 258 valence electrons. The third kappa shape index (κ3) is 8.66. The Bertz CT molecular complexity index is 1340. The van der Waals surface area contributed by atoms with E-state index in [0.717, 1.165) is 76.8 Å². The lowest BCUT2D eigenvalue weighted by atomic mass is 9.94. The normalized spacial score (nSPS) is 22.3. The molecule has 1 aromatic heterocycles. The Morgan fingerprint density at radius 1 is 1.02 bits per heavy atom. The number of ether oxygens (including phenoxy) is 1. The summed E-state index contributed by atoms with van der Waals surface area (Å²) < 4.78 is 5.64. The molecule has 0 saturated carbocycles. The fraction of sp³-hybridized carbons (Fsp3) is 0.694. The molecule has 6 rings (SSSR count). The first-order valence-electron chi connectivity index (χ1n) is 17.9. The van der Waals surface area contributed by atoms with Crippen LogP contribution in [0.3, 0.4) is 0 Å². The van der Waals surface area contributed by atoms with E-state index >= 15 is 0 Å². The van der Waals surface area contributed by atoms with E-state index in [-0.39, 0.29) is 11.8 Å². The number of para-hydroxylation sites is 1. The van der Waals surface area contributed by atoms with Gasteiger partial charge < -0.3 is 39.7 Å². The molecule has 2 N–H and O–H groups in total. The Hall–Kier alpha value is -3.15. The first kappa shape index (κ1) is 33.7. The van der Waals surface area contributed by atoms with Gasteiger partial charge in [0.15, 0.2) is 5.82 Å². The number of hydrogen-bond acceptors (Lipinski definition) is 10. The first-order chi connectivity index (χ1) is 22.6. The van der Waals surface area contributed by atoms with Gasteiger partial charge in [0.25, 0.3) is 0 Å². The highest BCUT2D eigenvalue weighted by Gasteiger charge is 2.32. The number of nitrogens with one attached hydrogen (secondary N) is 1. The molecule has 4 aliphatic heterocycles. The van der Waals surface area contributed by atoms with Gasteiger partial charge >= 0.3 is 6.09 Å². The number of likely N-dealkylation sites (N-methyl/N-ethyl adjacent to an activating group) is 1. The van der Waals surface area contributed by atoms with Crippen LogP contribution in [-0.4, -0.2) is 138 Å². The zero-order valence-corrected chi connectivity index (χ0v) is 29.0. The molecule has 1 aromatic carbocycles. The summed E-state index contributed by atoms with van der Waals surface area (Å²) >= 11 is 0. The highest BCUT2D eigenvalue weighted by Crippen LogP contribution is 2.34. The molecule has 11 nitrogen and oxygen atoms in total. The summed E-state index contributed by atoms with van der Waals surface area (Å²) in [5.74, 6) is 1.58. The minimum Gasteiger partial charge on any atom is -0.507 e. The number of fused-ring (bicyclic) bond motifs is 1. The zero-order chi connectivity index (χ0) is 33.0. The van der Waals surface area contributed by atoms with Gasteiger partial charge in [-0.05, 0) is 117 Å². The van der Waals surface area contributed by atoms with Crippen LogP contribution in [0.2, 0.25) is 0 Å². The van der Waals surface area contributed by atoms with Crippen LogP contribution in [0, 0.1) is 5.92 Å². The summed E-state index contributed by atoms with van der Waals surface area (Å²) in [5, 5.41) is 22.6. The quantitative estimate of drug-likeness (QED) is 0.423. The van der Waals surface area contributed by atoms with Gasteiger partial charge in [0.05, 0.1) is 11.4 Å². The minimum atomic E-state index is -0.440. The number of amides is 1. The van der Waals surface area contributed by atoms with Gasteiger partial charge in [-0.15, -0.1) is 10.2 Å². The van der Waals surface area contributed by atoms with Crippen molar-refractivity contribution in [2.24, 2.45) is 5.92 Å². The first-order valence-corrected chi connectivity index (χ1v) is 17.9. The number of carbonyl (C=O) groups excluding carboxylic acids is 1. The Balaban J connectivity index is 0.924. The molecule has 47 heavy (non-hydrogen) atoms. The van der Waals surface area contributed by atoms with Crippen LogP contribution in [0.15, 0.2) is 30.3 Å². The summed E-state index contributed by atoms with van der Waals surface area (Å²) in [4.78, 5) is 24.9. The van der Waals surface area contributed by atoms with Crippen LogP contribution in [0.25, 0.3) is 11.3 Å². The molecule has 1 unspecified atom stereocenters. The molecule has 0 spiro atoms. The Labute approximate surface area is 281 Å². The van der Waals surface area contributed by atoms with Crippen molar-refractivity contribution in [1.29, 1.82) is 0 Å². The fourth-order valence-electron chi connectivity index (χ4n) is 7.92. The number of carbonyl (C=O) groups is 1. The average molecular weight is 649 g/mol. The van der Waals surface area contributed by atoms with Gasteiger partial charge in [0, 0.05) is 63.5 Å². The maximum Gasteiger partial charge on any atom is 0.410 e.